The number of H-pyrrole nitrogens is 1. The van der Waals surface area contributed by atoms with Gasteiger partial charge in [-0.05, 0) is 55.9 Å². The quantitative estimate of drug-likeness (QED) is 0.334. The van der Waals surface area contributed by atoms with Crippen molar-refractivity contribution in [3.63, 3.8) is 0 Å². The molecule has 0 saturated carbocycles. The number of para-hydroxylation sites is 1. The number of pyridine rings is 1. The third kappa shape index (κ3) is 8.39. The second-order valence-corrected chi connectivity index (χ2v) is 11.1. The third-order valence-electron chi connectivity index (χ3n) is 6.68. The Morgan fingerprint density at radius 3 is 2.44 bits per heavy atom. The van der Waals surface area contributed by atoms with Crippen molar-refractivity contribution in [2.24, 2.45) is 5.92 Å². The molecule has 1 aromatic carbocycles. The number of likely N-dealkylation sites (N-methyl/N-ethyl adjacent to an activating group) is 1. The predicted octanol–water partition coefficient (Wildman–Crippen LogP) is 3.88. The number of amides is 2. The lowest BCUT2D eigenvalue weighted by molar-refractivity contribution is -0.127. The van der Waals surface area contributed by atoms with Gasteiger partial charge in [-0.25, -0.2) is 9.78 Å². The maximum Gasteiger partial charge on any atom is 0.409 e. The summed E-state index contributed by atoms with van der Waals surface area (Å²) in [7, 11) is 6.35. The van der Waals surface area contributed by atoms with Crippen molar-refractivity contribution < 1.29 is 19.1 Å². The van der Waals surface area contributed by atoms with Crippen molar-refractivity contribution in [1.82, 2.24) is 24.3 Å². The summed E-state index contributed by atoms with van der Waals surface area (Å²) in [4.78, 5) is 61.7. The molecule has 41 heavy (non-hydrogen) atoms. The van der Waals surface area contributed by atoms with E-state index in [0.717, 1.165) is 28.7 Å². The summed E-state index contributed by atoms with van der Waals surface area (Å²) < 4.78 is 7.04. The number of hydrogen-bond acceptors (Lipinski definition) is 6. The number of hydrogen-bond donors (Lipinski definition) is 1. The number of aromatic nitrogens is 3. The number of ether oxygens (including phenoxy) is 1. The van der Waals surface area contributed by atoms with Gasteiger partial charge < -0.3 is 24.1 Å². The van der Waals surface area contributed by atoms with Crippen LogP contribution in [0.2, 0.25) is 0 Å². The molecule has 10 nitrogen and oxygen atoms in total. The number of Topliss-reactive ketones (excluding diaryl/α,β-unsaturated/α-hetero) is 1. The number of imidazole rings is 1. The fraction of sp³-hybridized carbons (Fsp3) is 0.452. The van der Waals surface area contributed by atoms with Crippen LogP contribution in [0.25, 0.3) is 11.0 Å². The Labute approximate surface area is 241 Å². The first kappa shape index (κ1) is 31.3. The maximum absolute atomic E-state index is 13.5. The molecular weight excluding hydrogens is 522 g/mol. The van der Waals surface area contributed by atoms with Crippen molar-refractivity contribution in [2.45, 2.75) is 59.1 Å². The van der Waals surface area contributed by atoms with Crippen molar-refractivity contribution in [2.75, 3.05) is 28.2 Å². The van der Waals surface area contributed by atoms with Gasteiger partial charge in [-0.2, -0.15) is 0 Å². The van der Waals surface area contributed by atoms with Crippen molar-refractivity contribution in [3.8, 4) is 0 Å². The van der Waals surface area contributed by atoms with Crippen LogP contribution in [-0.4, -0.2) is 76.4 Å². The van der Waals surface area contributed by atoms with Crippen LogP contribution in [0.1, 0.15) is 49.3 Å². The maximum atomic E-state index is 13.5. The number of nitrogens with zero attached hydrogens (tertiary/aromatic N) is 4. The highest BCUT2D eigenvalue weighted by Crippen LogP contribution is 2.20. The minimum Gasteiger partial charge on any atom is -0.438 e. The van der Waals surface area contributed by atoms with Gasteiger partial charge in [0, 0.05) is 45.9 Å². The molecule has 1 atom stereocenters. The number of aromatic amines is 1. The van der Waals surface area contributed by atoms with Gasteiger partial charge in [0.05, 0.1) is 17.6 Å². The molecule has 0 fully saturated rings. The molecule has 0 spiro atoms. The second kappa shape index (κ2) is 13.9. The molecule has 3 aromatic rings. The largest absolute Gasteiger partial charge is 0.438 e. The molecule has 0 unspecified atom stereocenters. The summed E-state index contributed by atoms with van der Waals surface area (Å²) in [5.74, 6) is 0.569. The number of carbonyl (C=O) groups is 3. The van der Waals surface area contributed by atoms with Gasteiger partial charge >= 0.3 is 6.09 Å². The fourth-order valence-electron chi connectivity index (χ4n) is 4.41. The Morgan fingerprint density at radius 1 is 1.05 bits per heavy atom. The van der Waals surface area contributed by atoms with E-state index in [9.17, 15) is 19.2 Å². The van der Waals surface area contributed by atoms with Gasteiger partial charge in [-0.15, -0.1) is 0 Å². The van der Waals surface area contributed by atoms with E-state index in [1.807, 2.05) is 19.1 Å². The molecule has 10 heteroatoms. The van der Waals surface area contributed by atoms with Crippen LogP contribution in [0.4, 0.5) is 4.79 Å². The van der Waals surface area contributed by atoms with Crippen LogP contribution >= 0.6 is 0 Å². The predicted molar refractivity (Wildman–Crippen MR) is 159 cm³/mol. The normalized spacial score (nSPS) is 12.2. The minimum absolute atomic E-state index is 0.182. The van der Waals surface area contributed by atoms with Gasteiger partial charge in [-0.1, -0.05) is 38.1 Å². The summed E-state index contributed by atoms with van der Waals surface area (Å²) in [6.45, 7) is 6.39. The van der Waals surface area contributed by atoms with E-state index in [1.54, 1.807) is 36.9 Å². The van der Waals surface area contributed by atoms with E-state index in [0.29, 0.717) is 23.7 Å². The van der Waals surface area contributed by atoms with Gasteiger partial charge in [-0.3, -0.25) is 14.4 Å². The molecule has 220 valence electrons. The summed E-state index contributed by atoms with van der Waals surface area (Å²) in [6.07, 6.45) is 2.59. The van der Waals surface area contributed by atoms with Crippen LogP contribution in [-0.2, 0) is 33.7 Å². The summed E-state index contributed by atoms with van der Waals surface area (Å²) in [5.41, 5.74) is 3.72. The monoisotopic (exact) mass is 563 g/mol. The summed E-state index contributed by atoms with van der Waals surface area (Å²) in [5, 5.41) is 0. The Balaban J connectivity index is 1.82. The number of rotatable bonds is 12. The van der Waals surface area contributed by atoms with Crippen LogP contribution in [0.15, 0.2) is 47.3 Å². The zero-order chi connectivity index (χ0) is 30.3. The Kier molecular flexibility index (Phi) is 10.6. The number of carbonyl (C=O) groups excluding carboxylic acids is 3. The summed E-state index contributed by atoms with van der Waals surface area (Å²) in [6, 6.07) is 9.49. The second-order valence-electron chi connectivity index (χ2n) is 11.1. The molecule has 0 radical (unpaired) electrons. The highest BCUT2D eigenvalue weighted by atomic mass is 16.6. The standard InChI is InChI=1S/C31H41N5O5/c1-20(2)17-22-11-10-12-24-29(22)33-27(32-24)19-36-21(3)15-16-23(30(36)39)18-25(37)26(41-31(40)35(6)7)13-8-9-14-28(38)34(4)5/h9-12,14-16,20,26H,8,13,17-19H2,1-7H3,(H,32,33)/b14-9+/t26-/m0/s1. The number of nitrogens with one attached hydrogen (secondary N) is 1. The van der Waals surface area contributed by atoms with E-state index in [4.69, 9.17) is 9.72 Å². The Bertz CT molecular complexity index is 1480. The average molecular weight is 564 g/mol. The molecule has 0 aliphatic heterocycles. The lowest BCUT2D eigenvalue weighted by Crippen LogP contribution is -2.35. The van der Waals surface area contributed by atoms with Gasteiger partial charge in [0.25, 0.3) is 5.56 Å². The minimum atomic E-state index is -1.06. The molecule has 0 bridgehead atoms. The summed E-state index contributed by atoms with van der Waals surface area (Å²) >= 11 is 0. The number of fused-ring (bicyclic) bond motifs is 1. The lowest BCUT2D eigenvalue weighted by atomic mass is 10.0. The average Bonchev–Trinajstić information content (AvgIpc) is 3.33. The molecule has 0 aliphatic carbocycles. The molecule has 0 aliphatic rings. The molecule has 2 heterocycles. The number of benzene rings is 1. The third-order valence-corrected chi connectivity index (χ3v) is 6.68. The molecule has 2 aromatic heterocycles. The van der Waals surface area contributed by atoms with Crippen LogP contribution in [0.3, 0.4) is 0 Å². The molecule has 1 N–H and O–H groups in total. The van der Waals surface area contributed by atoms with Gasteiger partial charge in [0.1, 0.15) is 5.82 Å². The Morgan fingerprint density at radius 2 is 1.78 bits per heavy atom. The molecule has 3 rings (SSSR count). The number of allylic oxidation sites excluding steroid dienone is 1. The molecular formula is C31H41N5O5. The zero-order valence-electron chi connectivity index (χ0n) is 25.1. The number of aryl methyl sites for hydroxylation is 1. The van der Waals surface area contributed by atoms with Gasteiger partial charge in [0.15, 0.2) is 11.9 Å². The zero-order valence-corrected chi connectivity index (χ0v) is 25.1. The van der Waals surface area contributed by atoms with E-state index >= 15 is 0 Å². The topological polar surface area (TPSA) is 118 Å². The van der Waals surface area contributed by atoms with Crippen molar-refractivity contribution >= 4 is 28.8 Å². The van der Waals surface area contributed by atoms with E-state index in [-0.39, 0.29) is 36.6 Å². The van der Waals surface area contributed by atoms with Crippen molar-refractivity contribution in [1.29, 1.82) is 0 Å². The SMILES string of the molecule is Cc1ccc(CC(=O)[C@H](CC/C=C/C(=O)N(C)C)OC(=O)N(C)C)c(=O)n1Cc1nc2c(CC(C)C)cccc2[nH]1. The first-order valence-electron chi connectivity index (χ1n) is 13.8. The van der Waals surface area contributed by atoms with E-state index in [1.165, 1.54) is 30.0 Å². The van der Waals surface area contributed by atoms with Crippen LogP contribution in [0, 0.1) is 12.8 Å². The Hall–Kier alpha value is -4.21. The molecule has 0 saturated heterocycles. The fourth-order valence-corrected chi connectivity index (χ4v) is 4.41. The first-order valence-corrected chi connectivity index (χ1v) is 13.8. The van der Waals surface area contributed by atoms with Gasteiger partial charge in [0.2, 0.25) is 5.91 Å². The van der Waals surface area contributed by atoms with Crippen LogP contribution < -0.4 is 5.56 Å². The smallest absolute Gasteiger partial charge is 0.409 e. The van der Waals surface area contributed by atoms with E-state index in [2.05, 4.69) is 24.9 Å². The van der Waals surface area contributed by atoms with Crippen LogP contribution in [0.5, 0.6) is 0 Å². The highest BCUT2D eigenvalue weighted by Gasteiger charge is 2.25. The first-order chi connectivity index (χ1) is 19.4. The molecule has 2 amide bonds. The van der Waals surface area contributed by atoms with E-state index < -0.39 is 12.2 Å². The highest BCUT2D eigenvalue weighted by molar-refractivity contribution is 5.88. The van der Waals surface area contributed by atoms with Crippen molar-refractivity contribution in [3.05, 3.63) is 75.5 Å². The lowest BCUT2D eigenvalue weighted by Gasteiger charge is -2.19. The number of ketones is 1.